The van der Waals surface area contributed by atoms with E-state index in [1.165, 1.54) is 57.8 Å². The van der Waals surface area contributed by atoms with E-state index in [0.717, 1.165) is 6.42 Å². The van der Waals surface area contributed by atoms with E-state index in [1.54, 1.807) is 0 Å². The summed E-state index contributed by atoms with van der Waals surface area (Å²) in [4.78, 5) is 0. The van der Waals surface area contributed by atoms with Crippen molar-refractivity contribution in [3.05, 3.63) is 6.92 Å². The van der Waals surface area contributed by atoms with E-state index in [0.29, 0.717) is 0 Å². The summed E-state index contributed by atoms with van der Waals surface area (Å²) in [6.07, 6.45) is 13.9. The zero-order valence-electron chi connectivity index (χ0n) is 12.6. The first-order chi connectivity index (χ1) is 7.91. The van der Waals surface area contributed by atoms with Crippen molar-refractivity contribution < 1.29 is 47.1 Å². The topological polar surface area (TPSA) is 110 Å². The number of hydrogen-bond acceptors (Lipinski definition) is 3. The van der Waals surface area contributed by atoms with E-state index >= 15 is 0 Å². The molecule has 0 radical (unpaired) electrons. The van der Waals surface area contributed by atoms with Gasteiger partial charge >= 0.3 is 40.0 Å². The Morgan fingerprint density at radius 2 is 1.11 bits per heavy atom. The molecule has 5 nitrogen and oxygen atoms in total. The minimum Gasteiger partial charge on any atom is -0.344 e. The molecular formula is C12H30NNaO4S. The van der Waals surface area contributed by atoms with Crippen molar-refractivity contribution in [1.82, 2.24) is 6.15 Å². The van der Waals surface area contributed by atoms with Gasteiger partial charge in [-0.15, -0.1) is 0 Å². The van der Waals surface area contributed by atoms with E-state index in [1.807, 2.05) is 0 Å². The Morgan fingerprint density at radius 3 is 1.37 bits per heavy atom. The predicted octanol–water partition coefficient (Wildman–Crippen LogP) is 1.25. The van der Waals surface area contributed by atoms with E-state index in [-0.39, 0.29) is 35.7 Å². The standard InChI is InChI=1S/C12H25.H3N.Na.H2O4S/c1-3-5-7-9-11-12-10-8-6-4-2;;;1-5(2,3)4/h1,3-12H2,2H3;1H3;;(H2,1,2,3,4)/q-1;;+1;. The summed E-state index contributed by atoms with van der Waals surface area (Å²) >= 11 is 0. The largest absolute Gasteiger partial charge is 1.00 e. The molecular weight excluding hydrogens is 277 g/mol. The van der Waals surface area contributed by atoms with Gasteiger partial charge in [0.2, 0.25) is 0 Å². The second-order valence-corrected chi connectivity index (χ2v) is 5.03. The van der Waals surface area contributed by atoms with E-state index in [2.05, 4.69) is 13.8 Å². The fraction of sp³-hybridized carbons (Fsp3) is 0.917. The van der Waals surface area contributed by atoms with Gasteiger partial charge in [0, 0.05) is 0 Å². The third-order valence-corrected chi connectivity index (χ3v) is 2.35. The maximum absolute atomic E-state index is 8.74. The zero-order valence-corrected chi connectivity index (χ0v) is 15.4. The van der Waals surface area contributed by atoms with Gasteiger partial charge in [-0.25, -0.2) is 0 Å². The van der Waals surface area contributed by atoms with Crippen LogP contribution in [0.1, 0.15) is 71.1 Å². The fourth-order valence-electron chi connectivity index (χ4n) is 1.49. The van der Waals surface area contributed by atoms with Crippen LogP contribution < -0.4 is 35.7 Å². The fourth-order valence-corrected chi connectivity index (χ4v) is 1.49. The molecule has 0 amide bonds. The Balaban J connectivity index is -0.000000139. The minimum atomic E-state index is -4.67. The first-order valence-corrected chi connectivity index (χ1v) is 7.80. The third-order valence-electron chi connectivity index (χ3n) is 2.35. The van der Waals surface area contributed by atoms with Crippen molar-refractivity contribution in [2.75, 3.05) is 0 Å². The van der Waals surface area contributed by atoms with Crippen LogP contribution in [0.3, 0.4) is 0 Å². The molecule has 0 aliphatic heterocycles. The molecule has 19 heavy (non-hydrogen) atoms. The average molecular weight is 307 g/mol. The molecule has 0 saturated carbocycles. The van der Waals surface area contributed by atoms with Crippen LogP contribution in [0.15, 0.2) is 0 Å². The molecule has 0 bridgehead atoms. The zero-order chi connectivity index (χ0) is 13.6. The molecule has 0 spiro atoms. The van der Waals surface area contributed by atoms with Crippen molar-refractivity contribution in [1.29, 1.82) is 0 Å². The number of rotatable bonds is 9. The molecule has 0 unspecified atom stereocenters. The molecule has 0 atom stereocenters. The summed E-state index contributed by atoms with van der Waals surface area (Å²) in [6.45, 7) is 6.12. The second kappa shape index (κ2) is 21.1. The number of hydrogen-bond donors (Lipinski definition) is 3. The average Bonchev–Trinajstić information content (AvgIpc) is 2.20. The van der Waals surface area contributed by atoms with Crippen molar-refractivity contribution >= 4 is 10.4 Å². The van der Waals surface area contributed by atoms with Gasteiger partial charge < -0.3 is 13.1 Å². The molecule has 5 N–H and O–H groups in total. The maximum atomic E-state index is 8.74. The second-order valence-electron chi connectivity index (χ2n) is 4.13. The Labute approximate surface area is 141 Å². The molecule has 0 aromatic rings. The first-order valence-electron chi connectivity index (χ1n) is 6.41. The van der Waals surface area contributed by atoms with Crippen molar-refractivity contribution in [3.63, 3.8) is 0 Å². The van der Waals surface area contributed by atoms with Crippen LogP contribution in [0.2, 0.25) is 0 Å². The van der Waals surface area contributed by atoms with E-state index in [9.17, 15) is 0 Å². The third kappa shape index (κ3) is 55.2. The molecule has 0 fully saturated rings. The first kappa shape index (κ1) is 28.1. The summed E-state index contributed by atoms with van der Waals surface area (Å²) in [7, 11) is -4.67. The Morgan fingerprint density at radius 1 is 0.842 bits per heavy atom. The molecule has 0 aromatic carbocycles. The van der Waals surface area contributed by atoms with Gasteiger partial charge in [0.25, 0.3) is 0 Å². The van der Waals surface area contributed by atoms with Gasteiger partial charge in [-0.2, -0.15) is 14.8 Å². The quantitative estimate of drug-likeness (QED) is 0.257. The summed E-state index contributed by atoms with van der Waals surface area (Å²) in [6, 6.07) is 0. The van der Waals surface area contributed by atoms with Gasteiger partial charge in [0.05, 0.1) is 0 Å². The Hall–Kier alpha value is 0.830. The van der Waals surface area contributed by atoms with E-state index in [4.69, 9.17) is 17.5 Å². The van der Waals surface area contributed by atoms with Crippen molar-refractivity contribution in [3.8, 4) is 0 Å². The van der Waals surface area contributed by atoms with Gasteiger partial charge in [0.1, 0.15) is 0 Å². The van der Waals surface area contributed by atoms with Crippen LogP contribution in [-0.4, -0.2) is 17.5 Å². The van der Waals surface area contributed by atoms with Crippen LogP contribution in [0.5, 0.6) is 0 Å². The van der Waals surface area contributed by atoms with Crippen LogP contribution in [0, 0.1) is 6.92 Å². The van der Waals surface area contributed by atoms with Crippen LogP contribution in [-0.2, 0) is 10.4 Å². The monoisotopic (exact) mass is 307 g/mol. The molecule has 0 saturated heterocycles. The maximum Gasteiger partial charge on any atom is 1.00 e. The normalized spacial score (nSPS) is 9.68. The SMILES string of the molecule is N.O=S(=O)(O)O.[CH2-]CCCCCCCCCCC.[Na+]. The van der Waals surface area contributed by atoms with Crippen LogP contribution in [0.25, 0.3) is 0 Å². The molecule has 0 aliphatic carbocycles. The molecule has 0 aromatic heterocycles. The number of unbranched alkanes of at least 4 members (excludes halogenated alkanes) is 9. The molecule has 0 aliphatic rings. The van der Waals surface area contributed by atoms with Gasteiger partial charge in [0.15, 0.2) is 0 Å². The molecule has 0 heterocycles. The van der Waals surface area contributed by atoms with E-state index < -0.39 is 10.4 Å². The van der Waals surface area contributed by atoms with Crippen molar-refractivity contribution in [2.45, 2.75) is 71.1 Å². The Bertz CT molecular complexity index is 218. The molecule has 7 heteroatoms. The van der Waals surface area contributed by atoms with Gasteiger partial charge in [-0.1, -0.05) is 64.7 Å². The van der Waals surface area contributed by atoms with Crippen LogP contribution >= 0.6 is 0 Å². The predicted molar refractivity (Wildman–Crippen MR) is 76.4 cm³/mol. The summed E-state index contributed by atoms with van der Waals surface area (Å²) in [5, 5.41) is 0. The molecule has 114 valence electrons. The summed E-state index contributed by atoms with van der Waals surface area (Å²) in [5.74, 6) is 0. The van der Waals surface area contributed by atoms with Crippen molar-refractivity contribution in [2.24, 2.45) is 0 Å². The summed E-state index contributed by atoms with van der Waals surface area (Å²) in [5.41, 5.74) is 0. The minimum absolute atomic E-state index is 0. The smallest absolute Gasteiger partial charge is 0.344 e. The summed E-state index contributed by atoms with van der Waals surface area (Å²) < 4.78 is 31.6. The van der Waals surface area contributed by atoms with Crippen LogP contribution in [0.4, 0.5) is 0 Å². The van der Waals surface area contributed by atoms with Gasteiger partial charge in [-0.3, -0.25) is 9.11 Å². The Kier molecular flexibility index (Phi) is 31.2. The molecule has 0 rings (SSSR count). The van der Waals surface area contributed by atoms with Gasteiger partial charge in [-0.05, 0) is 0 Å².